The Morgan fingerprint density at radius 3 is 2.29 bits per heavy atom. The van der Waals surface area contributed by atoms with Crippen LogP contribution in [0.5, 0.6) is 0 Å². The molecule has 0 spiro atoms. The van der Waals surface area contributed by atoms with E-state index in [9.17, 15) is 4.79 Å². The van der Waals surface area contributed by atoms with Gasteiger partial charge in [-0.2, -0.15) is 0 Å². The lowest BCUT2D eigenvalue weighted by atomic mass is 9.97. The first-order valence-electron chi connectivity index (χ1n) is 12.4. The number of aliphatic imine (C=N–C) groups is 1. The highest BCUT2D eigenvalue weighted by molar-refractivity contribution is 5.80. The zero-order chi connectivity index (χ0) is 21.9. The lowest BCUT2D eigenvalue weighted by Gasteiger charge is -2.37. The number of hydrogen-bond donors (Lipinski definition) is 1. The fraction of sp³-hybridized carbons (Fsp3) is 0.913. The van der Waals surface area contributed by atoms with Crippen molar-refractivity contribution in [3.63, 3.8) is 0 Å². The molecule has 178 valence electrons. The van der Waals surface area contributed by atoms with Crippen molar-refractivity contribution in [2.45, 2.75) is 39.0 Å². The average molecular weight is 437 g/mol. The number of guanidine groups is 1. The molecule has 0 aromatic carbocycles. The third-order valence-corrected chi connectivity index (χ3v) is 6.89. The van der Waals surface area contributed by atoms with Gasteiger partial charge in [-0.25, -0.2) is 0 Å². The molecular weight excluding hydrogens is 392 g/mol. The Labute approximate surface area is 189 Å². The molecule has 0 aliphatic carbocycles. The van der Waals surface area contributed by atoms with E-state index in [1.165, 1.54) is 19.3 Å². The van der Waals surface area contributed by atoms with Crippen LogP contribution < -0.4 is 5.32 Å². The Bertz CT molecular complexity index is 550. The van der Waals surface area contributed by atoms with E-state index in [4.69, 9.17) is 9.73 Å². The molecule has 8 nitrogen and oxygen atoms in total. The summed E-state index contributed by atoms with van der Waals surface area (Å²) < 4.78 is 5.20. The summed E-state index contributed by atoms with van der Waals surface area (Å²) in [5, 5.41) is 3.49. The van der Waals surface area contributed by atoms with Crippen LogP contribution in [-0.2, 0) is 9.53 Å². The number of carbonyl (C=O) groups is 1. The largest absolute Gasteiger partial charge is 0.383 e. The Kier molecular flexibility index (Phi) is 10.4. The number of methoxy groups -OCH3 is 1. The van der Waals surface area contributed by atoms with E-state index >= 15 is 0 Å². The second-order valence-electron chi connectivity index (χ2n) is 9.18. The van der Waals surface area contributed by atoms with Crippen molar-refractivity contribution < 1.29 is 9.53 Å². The number of piperazine rings is 1. The van der Waals surface area contributed by atoms with Gasteiger partial charge in [-0.3, -0.25) is 14.7 Å². The first-order chi connectivity index (χ1) is 15.2. The quantitative estimate of drug-likeness (QED) is 0.451. The van der Waals surface area contributed by atoms with E-state index in [1.54, 1.807) is 7.11 Å². The fourth-order valence-electron chi connectivity index (χ4n) is 4.81. The van der Waals surface area contributed by atoms with Gasteiger partial charge in [-0.15, -0.1) is 0 Å². The zero-order valence-corrected chi connectivity index (χ0v) is 19.9. The monoisotopic (exact) mass is 436 g/mol. The Balaban J connectivity index is 1.40. The van der Waals surface area contributed by atoms with Gasteiger partial charge in [0.25, 0.3) is 0 Å². The maximum Gasteiger partial charge on any atom is 0.236 e. The number of nitrogens with one attached hydrogen (secondary N) is 1. The molecule has 8 heteroatoms. The van der Waals surface area contributed by atoms with Crippen molar-refractivity contribution >= 4 is 11.9 Å². The number of hydrogen-bond acceptors (Lipinski definition) is 5. The van der Waals surface area contributed by atoms with Crippen LogP contribution in [0.1, 0.15) is 39.0 Å². The summed E-state index contributed by atoms with van der Waals surface area (Å²) in [6.45, 7) is 14.3. The second kappa shape index (κ2) is 13.2. The van der Waals surface area contributed by atoms with Crippen LogP contribution in [0.4, 0.5) is 0 Å². The molecule has 3 heterocycles. The fourth-order valence-corrected chi connectivity index (χ4v) is 4.81. The van der Waals surface area contributed by atoms with Gasteiger partial charge in [0, 0.05) is 66.0 Å². The molecule has 0 saturated carbocycles. The van der Waals surface area contributed by atoms with Crippen LogP contribution in [0.15, 0.2) is 4.99 Å². The molecule has 0 atom stereocenters. The third kappa shape index (κ3) is 7.91. The minimum Gasteiger partial charge on any atom is -0.383 e. The van der Waals surface area contributed by atoms with Gasteiger partial charge in [-0.05, 0) is 58.0 Å². The zero-order valence-electron chi connectivity index (χ0n) is 19.9. The maximum absolute atomic E-state index is 12.6. The first-order valence-corrected chi connectivity index (χ1v) is 12.4. The molecule has 0 radical (unpaired) electrons. The topological polar surface area (TPSA) is 63.7 Å². The van der Waals surface area contributed by atoms with Gasteiger partial charge in [-0.1, -0.05) is 0 Å². The van der Waals surface area contributed by atoms with E-state index in [1.807, 2.05) is 0 Å². The van der Waals surface area contributed by atoms with Gasteiger partial charge in [0.05, 0.1) is 13.2 Å². The summed E-state index contributed by atoms with van der Waals surface area (Å²) >= 11 is 0. The number of ether oxygens (including phenoxy) is 1. The van der Waals surface area contributed by atoms with Crippen LogP contribution in [0.2, 0.25) is 0 Å². The Hall–Kier alpha value is -1.38. The molecule has 1 amide bonds. The lowest BCUT2D eigenvalue weighted by molar-refractivity contribution is -0.133. The molecule has 3 saturated heterocycles. The van der Waals surface area contributed by atoms with E-state index in [2.05, 4.69) is 31.8 Å². The number of carbonyl (C=O) groups excluding carboxylic acids is 1. The van der Waals surface area contributed by atoms with Crippen LogP contribution in [0.3, 0.4) is 0 Å². The molecule has 3 fully saturated rings. The molecule has 1 N–H and O–H groups in total. The summed E-state index contributed by atoms with van der Waals surface area (Å²) in [5.41, 5.74) is 0. The minimum atomic E-state index is 0.311. The van der Waals surface area contributed by atoms with Crippen LogP contribution in [0.25, 0.3) is 0 Å². The number of piperidine rings is 2. The molecule has 0 bridgehead atoms. The predicted octanol–water partition coefficient (Wildman–Crippen LogP) is 0.940. The van der Waals surface area contributed by atoms with Crippen LogP contribution in [0, 0.1) is 5.92 Å². The van der Waals surface area contributed by atoms with E-state index in [-0.39, 0.29) is 0 Å². The van der Waals surface area contributed by atoms with Crippen molar-refractivity contribution in [1.82, 2.24) is 24.9 Å². The second-order valence-corrected chi connectivity index (χ2v) is 9.18. The Morgan fingerprint density at radius 2 is 1.65 bits per heavy atom. The average Bonchev–Trinajstić information content (AvgIpc) is 2.82. The van der Waals surface area contributed by atoms with Crippen molar-refractivity contribution in [2.75, 3.05) is 92.3 Å². The molecule has 3 rings (SSSR count). The molecule has 3 aliphatic heterocycles. The van der Waals surface area contributed by atoms with Gasteiger partial charge < -0.3 is 24.8 Å². The van der Waals surface area contributed by atoms with Crippen molar-refractivity contribution in [2.24, 2.45) is 10.9 Å². The highest BCUT2D eigenvalue weighted by Crippen LogP contribution is 2.17. The van der Waals surface area contributed by atoms with Gasteiger partial charge in [0.2, 0.25) is 5.91 Å². The lowest BCUT2D eigenvalue weighted by Crippen LogP contribution is -2.54. The van der Waals surface area contributed by atoms with Crippen LogP contribution >= 0.6 is 0 Å². The smallest absolute Gasteiger partial charge is 0.236 e. The van der Waals surface area contributed by atoms with Crippen molar-refractivity contribution in [3.05, 3.63) is 0 Å². The van der Waals surface area contributed by atoms with Gasteiger partial charge in [0.1, 0.15) is 0 Å². The highest BCUT2D eigenvalue weighted by atomic mass is 16.5. The first kappa shape index (κ1) is 24.3. The van der Waals surface area contributed by atoms with Crippen molar-refractivity contribution in [1.29, 1.82) is 0 Å². The maximum atomic E-state index is 12.6. The summed E-state index contributed by atoms with van der Waals surface area (Å²) in [5.74, 6) is 2.03. The molecule has 0 unspecified atom stereocenters. The van der Waals surface area contributed by atoms with Gasteiger partial charge in [0.15, 0.2) is 5.96 Å². The highest BCUT2D eigenvalue weighted by Gasteiger charge is 2.25. The number of nitrogens with zero attached hydrogens (tertiary/aromatic N) is 5. The molecular formula is C23H44N6O2. The summed E-state index contributed by atoms with van der Waals surface area (Å²) in [6, 6.07) is 0. The van der Waals surface area contributed by atoms with E-state index in [0.29, 0.717) is 18.4 Å². The summed E-state index contributed by atoms with van der Waals surface area (Å²) in [7, 11) is 1.77. The molecule has 3 aliphatic rings. The van der Waals surface area contributed by atoms with Crippen molar-refractivity contribution in [3.8, 4) is 0 Å². The van der Waals surface area contributed by atoms with Gasteiger partial charge >= 0.3 is 0 Å². The Morgan fingerprint density at radius 1 is 0.935 bits per heavy atom. The number of likely N-dealkylation sites (tertiary alicyclic amines) is 2. The minimum absolute atomic E-state index is 0.311. The summed E-state index contributed by atoms with van der Waals surface area (Å²) in [4.78, 5) is 26.8. The standard InChI is InChI=1S/C23H44N6O2/c1-3-24-23(25-19-21-7-11-26(12-8-21)17-18-31-2)29-15-13-27(14-16-29)20-22(30)28-9-5-4-6-10-28/h21H,3-20H2,1-2H3,(H,24,25). The summed E-state index contributed by atoms with van der Waals surface area (Å²) in [6.07, 6.45) is 6.03. The molecule has 31 heavy (non-hydrogen) atoms. The number of amides is 1. The molecule has 0 aromatic rings. The third-order valence-electron chi connectivity index (χ3n) is 6.89. The molecule has 0 aromatic heterocycles. The van der Waals surface area contributed by atoms with Crippen LogP contribution in [-0.4, -0.2) is 124 Å². The number of rotatable bonds is 8. The van der Waals surface area contributed by atoms with E-state index in [0.717, 1.165) is 97.4 Å². The predicted molar refractivity (Wildman–Crippen MR) is 125 cm³/mol. The van der Waals surface area contributed by atoms with E-state index < -0.39 is 0 Å². The normalized spacial score (nSPS) is 22.7. The SMILES string of the molecule is CCNC(=NCC1CCN(CCOC)CC1)N1CCN(CC(=O)N2CCCCC2)CC1.